The number of phenolic OH excluding ortho intramolecular Hbond substituents is 1. The molecule has 0 aromatic heterocycles. The SMILES string of the molecule is Oc1ccc2c(c1)C(NCc1ccccc1Br)CCC2. The average Bonchev–Trinajstić information content (AvgIpc) is 2.46. The molecule has 0 fully saturated rings. The molecule has 20 heavy (non-hydrogen) atoms. The van der Waals surface area contributed by atoms with Crippen LogP contribution in [0.15, 0.2) is 46.9 Å². The molecule has 1 aliphatic carbocycles. The van der Waals surface area contributed by atoms with Crippen LogP contribution in [0.3, 0.4) is 0 Å². The van der Waals surface area contributed by atoms with Gasteiger partial charge in [0.15, 0.2) is 0 Å². The van der Waals surface area contributed by atoms with Gasteiger partial charge in [-0.25, -0.2) is 0 Å². The Kier molecular flexibility index (Phi) is 4.08. The monoisotopic (exact) mass is 331 g/mol. The molecule has 0 saturated heterocycles. The first-order valence-corrected chi connectivity index (χ1v) is 7.82. The van der Waals surface area contributed by atoms with Gasteiger partial charge in [0, 0.05) is 17.1 Å². The van der Waals surface area contributed by atoms with Gasteiger partial charge in [0.2, 0.25) is 0 Å². The van der Waals surface area contributed by atoms with Crippen LogP contribution in [0.25, 0.3) is 0 Å². The van der Waals surface area contributed by atoms with Gasteiger partial charge in [-0.1, -0.05) is 40.2 Å². The summed E-state index contributed by atoms with van der Waals surface area (Å²) in [6.45, 7) is 0.835. The Morgan fingerprint density at radius 2 is 2.05 bits per heavy atom. The first-order valence-electron chi connectivity index (χ1n) is 7.02. The van der Waals surface area contributed by atoms with E-state index in [2.05, 4.69) is 45.5 Å². The molecule has 2 aromatic carbocycles. The Bertz CT molecular complexity index is 612. The Balaban J connectivity index is 1.77. The summed E-state index contributed by atoms with van der Waals surface area (Å²) < 4.78 is 1.14. The molecule has 0 radical (unpaired) electrons. The number of aryl methyl sites for hydroxylation is 1. The minimum atomic E-state index is 0.331. The summed E-state index contributed by atoms with van der Waals surface area (Å²) in [5.74, 6) is 0.360. The highest BCUT2D eigenvalue weighted by Crippen LogP contribution is 2.32. The molecule has 2 nitrogen and oxygen atoms in total. The van der Waals surface area contributed by atoms with Crippen molar-refractivity contribution in [2.24, 2.45) is 0 Å². The summed E-state index contributed by atoms with van der Waals surface area (Å²) in [6, 6.07) is 14.4. The van der Waals surface area contributed by atoms with E-state index in [9.17, 15) is 5.11 Å². The molecule has 2 N–H and O–H groups in total. The number of nitrogens with one attached hydrogen (secondary N) is 1. The molecule has 0 saturated carbocycles. The van der Waals surface area contributed by atoms with Crippen LogP contribution >= 0.6 is 15.9 Å². The third kappa shape index (κ3) is 2.89. The summed E-state index contributed by atoms with van der Waals surface area (Å²) in [7, 11) is 0. The predicted molar refractivity (Wildman–Crippen MR) is 84.8 cm³/mol. The fraction of sp³-hybridized carbons (Fsp3) is 0.294. The van der Waals surface area contributed by atoms with Crippen LogP contribution in [0, 0.1) is 0 Å². The van der Waals surface area contributed by atoms with Gasteiger partial charge >= 0.3 is 0 Å². The minimum absolute atomic E-state index is 0.331. The Hall–Kier alpha value is -1.32. The summed E-state index contributed by atoms with van der Waals surface area (Å²) >= 11 is 3.58. The highest BCUT2D eigenvalue weighted by molar-refractivity contribution is 9.10. The maximum Gasteiger partial charge on any atom is 0.115 e. The first kappa shape index (κ1) is 13.7. The third-order valence-corrected chi connectivity index (χ3v) is 4.71. The van der Waals surface area contributed by atoms with Crippen molar-refractivity contribution in [3.63, 3.8) is 0 Å². The number of hydrogen-bond donors (Lipinski definition) is 2. The lowest BCUT2D eigenvalue weighted by Gasteiger charge is -2.27. The van der Waals surface area contributed by atoms with Crippen LogP contribution in [-0.4, -0.2) is 5.11 Å². The molecule has 3 heteroatoms. The van der Waals surface area contributed by atoms with E-state index in [0.29, 0.717) is 11.8 Å². The van der Waals surface area contributed by atoms with Crippen molar-refractivity contribution in [1.82, 2.24) is 5.32 Å². The van der Waals surface area contributed by atoms with Gasteiger partial charge in [0.05, 0.1) is 0 Å². The van der Waals surface area contributed by atoms with Crippen LogP contribution < -0.4 is 5.32 Å². The zero-order valence-corrected chi connectivity index (χ0v) is 12.9. The standard InChI is InChI=1S/C17H18BrNO/c18-16-6-2-1-4-13(16)11-19-17-7-3-5-12-8-9-14(20)10-15(12)17/h1-2,4,6,8-10,17,19-20H,3,5,7,11H2. The maximum absolute atomic E-state index is 9.70. The van der Waals surface area contributed by atoms with Gasteiger partial charge < -0.3 is 10.4 Å². The first-order chi connectivity index (χ1) is 9.74. The van der Waals surface area contributed by atoms with E-state index in [1.54, 1.807) is 6.07 Å². The van der Waals surface area contributed by atoms with Crippen LogP contribution in [0.2, 0.25) is 0 Å². The Labute approximate surface area is 128 Å². The summed E-state index contributed by atoms with van der Waals surface area (Å²) in [6.07, 6.45) is 3.44. The molecule has 0 spiro atoms. The molecule has 0 heterocycles. The van der Waals surface area contributed by atoms with E-state index in [0.717, 1.165) is 23.9 Å². The fourth-order valence-electron chi connectivity index (χ4n) is 2.87. The van der Waals surface area contributed by atoms with E-state index in [-0.39, 0.29) is 0 Å². The molecule has 3 rings (SSSR count). The number of hydrogen-bond acceptors (Lipinski definition) is 2. The van der Waals surface area contributed by atoms with Crippen molar-refractivity contribution in [3.05, 3.63) is 63.6 Å². The quantitative estimate of drug-likeness (QED) is 0.877. The second-order valence-electron chi connectivity index (χ2n) is 5.30. The molecule has 1 aliphatic rings. The molecule has 0 aliphatic heterocycles. The number of benzene rings is 2. The number of rotatable bonds is 3. The third-order valence-electron chi connectivity index (χ3n) is 3.94. The van der Waals surface area contributed by atoms with Crippen LogP contribution in [0.1, 0.15) is 35.6 Å². The largest absolute Gasteiger partial charge is 0.508 e. The number of phenols is 1. The molecule has 0 amide bonds. The van der Waals surface area contributed by atoms with Gasteiger partial charge in [-0.3, -0.25) is 0 Å². The number of aromatic hydroxyl groups is 1. The highest BCUT2D eigenvalue weighted by atomic mass is 79.9. The smallest absolute Gasteiger partial charge is 0.115 e. The Morgan fingerprint density at radius 3 is 2.90 bits per heavy atom. The second-order valence-corrected chi connectivity index (χ2v) is 6.15. The number of halogens is 1. The molecule has 1 atom stereocenters. The van der Waals surface area contributed by atoms with E-state index in [4.69, 9.17) is 0 Å². The van der Waals surface area contributed by atoms with Gasteiger partial charge in [0.1, 0.15) is 5.75 Å². The van der Waals surface area contributed by atoms with Crippen molar-refractivity contribution < 1.29 is 5.11 Å². The second kappa shape index (κ2) is 5.98. The van der Waals surface area contributed by atoms with Crippen molar-refractivity contribution in [3.8, 4) is 5.75 Å². The van der Waals surface area contributed by atoms with E-state index in [1.165, 1.54) is 23.1 Å². The van der Waals surface area contributed by atoms with Crippen molar-refractivity contribution in [2.45, 2.75) is 31.8 Å². The molecule has 0 bridgehead atoms. The van der Waals surface area contributed by atoms with E-state index >= 15 is 0 Å². The normalized spacial score (nSPS) is 17.8. The van der Waals surface area contributed by atoms with Gasteiger partial charge in [-0.2, -0.15) is 0 Å². The van der Waals surface area contributed by atoms with Gasteiger partial charge in [-0.15, -0.1) is 0 Å². The summed E-state index contributed by atoms with van der Waals surface area (Å²) in [5, 5.41) is 13.3. The van der Waals surface area contributed by atoms with Gasteiger partial charge in [0.25, 0.3) is 0 Å². The van der Waals surface area contributed by atoms with E-state index in [1.807, 2.05) is 12.1 Å². The van der Waals surface area contributed by atoms with Crippen molar-refractivity contribution in [2.75, 3.05) is 0 Å². The predicted octanol–water partition coefficient (Wildman–Crippen LogP) is 4.32. The molecule has 1 unspecified atom stereocenters. The van der Waals surface area contributed by atoms with Crippen LogP contribution in [0.4, 0.5) is 0 Å². The highest BCUT2D eigenvalue weighted by Gasteiger charge is 2.20. The molecule has 104 valence electrons. The lowest BCUT2D eigenvalue weighted by Crippen LogP contribution is -2.25. The maximum atomic E-state index is 9.70. The molecule has 2 aromatic rings. The zero-order chi connectivity index (χ0) is 13.9. The van der Waals surface area contributed by atoms with Crippen LogP contribution in [0.5, 0.6) is 5.75 Å². The van der Waals surface area contributed by atoms with Crippen molar-refractivity contribution >= 4 is 15.9 Å². The summed E-state index contributed by atoms with van der Waals surface area (Å²) in [5.41, 5.74) is 3.88. The summed E-state index contributed by atoms with van der Waals surface area (Å²) in [4.78, 5) is 0. The molecular weight excluding hydrogens is 314 g/mol. The fourth-order valence-corrected chi connectivity index (χ4v) is 3.30. The number of fused-ring (bicyclic) bond motifs is 1. The lowest BCUT2D eigenvalue weighted by molar-refractivity contribution is 0.445. The van der Waals surface area contributed by atoms with E-state index < -0.39 is 0 Å². The average molecular weight is 332 g/mol. The van der Waals surface area contributed by atoms with Crippen molar-refractivity contribution in [1.29, 1.82) is 0 Å². The lowest BCUT2D eigenvalue weighted by atomic mass is 9.87. The minimum Gasteiger partial charge on any atom is -0.508 e. The van der Waals surface area contributed by atoms with Crippen LogP contribution in [-0.2, 0) is 13.0 Å². The van der Waals surface area contributed by atoms with Gasteiger partial charge in [-0.05, 0) is 54.2 Å². The molecular formula is C17H18BrNO. The zero-order valence-electron chi connectivity index (χ0n) is 11.3. The topological polar surface area (TPSA) is 32.3 Å². The Morgan fingerprint density at radius 1 is 1.20 bits per heavy atom.